The van der Waals surface area contributed by atoms with E-state index in [0.717, 1.165) is 39.0 Å². The molecule has 0 bridgehead atoms. The van der Waals surface area contributed by atoms with E-state index in [1.807, 2.05) is 39.0 Å². The summed E-state index contributed by atoms with van der Waals surface area (Å²) in [6.07, 6.45) is 1.97. The largest absolute Gasteiger partial charge is 0.469 e. The van der Waals surface area contributed by atoms with Crippen LogP contribution in [-0.4, -0.2) is 38.2 Å². The smallest absolute Gasteiger partial charge is 0.306 e. The number of ether oxygens (including phenoxy) is 1. The highest BCUT2D eigenvalue weighted by Gasteiger charge is 2.24. The highest BCUT2D eigenvalue weighted by Crippen LogP contribution is 2.33. The molecule has 2 heterocycles. The summed E-state index contributed by atoms with van der Waals surface area (Å²) in [7, 11) is 1.38. The van der Waals surface area contributed by atoms with Gasteiger partial charge in [-0.1, -0.05) is 23.4 Å². The van der Waals surface area contributed by atoms with Gasteiger partial charge in [-0.25, -0.2) is 9.67 Å². The number of benzene rings is 1. The van der Waals surface area contributed by atoms with Crippen LogP contribution in [0.1, 0.15) is 47.1 Å². The lowest BCUT2D eigenvalue weighted by molar-refractivity contribution is -0.140. The molecule has 7 heteroatoms. The molecule has 0 spiro atoms. The maximum Gasteiger partial charge on any atom is 0.306 e. The number of aliphatic hydroxyl groups excluding tert-OH is 1. The topological polar surface area (TPSA) is 90.1 Å². The number of hydrogen-bond donors (Lipinski definition) is 1. The average molecular weight is 368 g/mol. The molecule has 0 radical (unpaired) electrons. The summed E-state index contributed by atoms with van der Waals surface area (Å²) in [5, 5.41) is 18.0. The average Bonchev–Trinajstić information content (AvgIpc) is 3.11. The Bertz CT molecular complexity index is 981. The van der Waals surface area contributed by atoms with Crippen LogP contribution in [0, 0.1) is 13.8 Å². The van der Waals surface area contributed by atoms with Crippen molar-refractivity contribution in [2.75, 3.05) is 7.11 Å². The number of carbonyl (C=O) groups excluding carboxylic acids is 1. The third-order valence-corrected chi connectivity index (χ3v) is 5.04. The van der Waals surface area contributed by atoms with E-state index >= 15 is 0 Å². The van der Waals surface area contributed by atoms with Gasteiger partial charge in [0.15, 0.2) is 5.65 Å². The molecule has 3 rings (SSSR count). The van der Waals surface area contributed by atoms with Crippen LogP contribution in [-0.2, 0) is 22.7 Å². The Morgan fingerprint density at radius 1 is 1.33 bits per heavy atom. The van der Waals surface area contributed by atoms with Crippen LogP contribution in [0.25, 0.3) is 11.2 Å². The maximum atomic E-state index is 12.1. The van der Waals surface area contributed by atoms with E-state index in [0.29, 0.717) is 6.54 Å². The Labute approximate surface area is 158 Å². The minimum Gasteiger partial charge on any atom is -0.469 e. The molecule has 2 aromatic heterocycles. The lowest BCUT2D eigenvalue weighted by atomic mass is 9.85. The molecule has 1 aromatic carbocycles. The molecule has 7 nitrogen and oxygen atoms in total. The second kappa shape index (κ2) is 7.84. The van der Waals surface area contributed by atoms with Crippen LogP contribution in [0.15, 0.2) is 24.4 Å². The zero-order chi connectivity index (χ0) is 19.6. The lowest BCUT2D eigenvalue weighted by Gasteiger charge is -2.20. The first-order valence-electron chi connectivity index (χ1n) is 8.95. The number of nitrogens with zero attached hydrogens (tertiary/aromatic N) is 4. The number of rotatable bonds is 6. The molecular formula is C20H24N4O3. The van der Waals surface area contributed by atoms with Crippen molar-refractivity contribution >= 4 is 17.1 Å². The number of aliphatic hydroxyl groups is 1. The Kier molecular flexibility index (Phi) is 5.51. The first-order chi connectivity index (χ1) is 13.0. The Morgan fingerprint density at radius 3 is 2.78 bits per heavy atom. The Balaban J connectivity index is 2.15. The summed E-state index contributed by atoms with van der Waals surface area (Å²) in [5.74, 6) is -0.546. The van der Waals surface area contributed by atoms with Gasteiger partial charge in [-0.2, -0.15) is 0 Å². The lowest BCUT2D eigenvalue weighted by Crippen LogP contribution is -2.12. The fourth-order valence-electron chi connectivity index (χ4n) is 3.34. The van der Waals surface area contributed by atoms with E-state index in [9.17, 15) is 9.90 Å². The van der Waals surface area contributed by atoms with Gasteiger partial charge in [0, 0.05) is 18.7 Å². The number of pyridine rings is 1. The molecule has 1 atom stereocenters. The molecule has 1 N–H and O–H groups in total. The van der Waals surface area contributed by atoms with Crippen LogP contribution in [0.3, 0.4) is 0 Å². The normalized spacial score (nSPS) is 12.3. The molecule has 0 fully saturated rings. The van der Waals surface area contributed by atoms with Gasteiger partial charge in [-0.05, 0) is 48.6 Å². The number of carbonyl (C=O) groups is 1. The van der Waals surface area contributed by atoms with Gasteiger partial charge in [0.1, 0.15) is 5.52 Å². The van der Waals surface area contributed by atoms with E-state index in [-0.39, 0.29) is 24.9 Å². The van der Waals surface area contributed by atoms with Crippen LogP contribution in [0.5, 0.6) is 0 Å². The van der Waals surface area contributed by atoms with Gasteiger partial charge >= 0.3 is 5.97 Å². The number of aryl methyl sites for hydroxylation is 3. The number of methoxy groups -OCH3 is 1. The van der Waals surface area contributed by atoms with Gasteiger partial charge < -0.3 is 9.84 Å². The summed E-state index contributed by atoms with van der Waals surface area (Å²) >= 11 is 0. The Morgan fingerprint density at radius 2 is 2.11 bits per heavy atom. The van der Waals surface area contributed by atoms with Crippen molar-refractivity contribution in [2.45, 2.75) is 46.3 Å². The molecule has 1 unspecified atom stereocenters. The Hall–Kier alpha value is -2.80. The summed E-state index contributed by atoms with van der Waals surface area (Å²) < 4.78 is 6.66. The van der Waals surface area contributed by atoms with Crippen molar-refractivity contribution in [2.24, 2.45) is 0 Å². The van der Waals surface area contributed by atoms with Crippen molar-refractivity contribution in [3.8, 4) is 0 Å². The summed E-state index contributed by atoms with van der Waals surface area (Å²) in [4.78, 5) is 16.6. The number of esters is 1. The minimum atomic E-state index is -0.303. The van der Waals surface area contributed by atoms with Gasteiger partial charge in [0.05, 0.1) is 20.1 Å². The van der Waals surface area contributed by atoms with Crippen molar-refractivity contribution < 1.29 is 14.6 Å². The first-order valence-corrected chi connectivity index (χ1v) is 8.95. The fraction of sp³-hybridized carbons (Fsp3) is 0.400. The summed E-state index contributed by atoms with van der Waals surface area (Å²) in [6, 6.07) is 5.88. The summed E-state index contributed by atoms with van der Waals surface area (Å²) in [5.41, 5.74) is 6.10. The molecule has 0 saturated heterocycles. The molecule has 0 aliphatic carbocycles. The molecule has 0 saturated carbocycles. The second-order valence-electron chi connectivity index (χ2n) is 6.59. The monoisotopic (exact) mass is 368 g/mol. The van der Waals surface area contributed by atoms with Crippen LogP contribution >= 0.6 is 0 Å². The van der Waals surface area contributed by atoms with Crippen LogP contribution in [0.2, 0.25) is 0 Å². The molecule has 0 aliphatic rings. The van der Waals surface area contributed by atoms with Crippen molar-refractivity contribution in [3.63, 3.8) is 0 Å². The minimum absolute atomic E-state index is 0.0499. The molecule has 142 valence electrons. The molecule has 0 aliphatic heterocycles. The van der Waals surface area contributed by atoms with Gasteiger partial charge in [-0.15, -0.1) is 5.10 Å². The van der Waals surface area contributed by atoms with Gasteiger partial charge in [-0.3, -0.25) is 4.79 Å². The van der Waals surface area contributed by atoms with Crippen molar-refractivity contribution in [1.82, 2.24) is 20.0 Å². The van der Waals surface area contributed by atoms with E-state index in [4.69, 9.17) is 4.74 Å². The fourth-order valence-corrected chi connectivity index (χ4v) is 3.34. The van der Waals surface area contributed by atoms with E-state index in [1.165, 1.54) is 7.11 Å². The standard InChI is InChI=1S/C20H24N4O3/c1-5-24-20-19(22-23-24)13(3)17(10-21-20)16(9-18(26)27-4)14-7-6-12(2)15(8-14)11-25/h6-8,10,16,25H,5,9,11H2,1-4H3. The highest BCUT2D eigenvalue weighted by atomic mass is 16.5. The maximum absolute atomic E-state index is 12.1. The van der Waals surface area contributed by atoms with E-state index in [1.54, 1.807) is 10.9 Å². The molecular weight excluding hydrogens is 344 g/mol. The summed E-state index contributed by atoms with van der Waals surface area (Å²) in [6.45, 7) is 6.55. The third kappa shape index (κ3) is 3.55. The molecule has 3 aromatic rings. The van der Waals surface area contributed by atoms with Gasteiger partial charge in [0.2, 0.25) is 0 Å². The number of hydrogen-bond acceptors (Lipinski definition) is 6. The zero-order valence-electron chi connectivity index (χ0n) is 16.1. The second-order valence-corrected chi connectivity index (χ2v) is 6.59. The third-order valence-electron chi connectivity index (χ3n) is 5.04. The molecule has 27 heavy (non-hydrogen) atoms. The van der Waals surface area contributed by atoms with Crippen LogP contribution < -0.4 is 0 Å². The number of aromatic nitrogens is 4. The SMILES string of the molecule is CCn1nnc2c(C)c(C(CC(=O)OC)c3ccc(C)c(CO)c3)cnc21. The van der Waals surface area contributed by atoms with Crippen molar-refractivity contribution in [3.05, 3.63) is 52.2 Å². The van der Waals surface area contributed by atoms with E-state index in [2.05, 4.69) is 15.3 Å². The zero-order valence-corrected chi connectivity index (χ0v) is 16.1. The van der Waals surface area contributed by atoms with Gasteiger partial charge in [0.25, 0.3) is 0 Å². The number of fused-ring (bicyclic) bond motifs is 1. The quantitative estimate of drug-likeness (QED) is 0.673. The first kappa shape index (κ1) is 19.0. The highest BCUT2D eigenvalue weighted by molar-refractivity contribution is 5.77. The molecule has 0 amide bonds. The van der Waals surface area contributed by atoms with E-state index < -0.39 is 0 Å². The predicted molar refractivity (Wildman–Crippen MR) is 101 cm³/mol. The van der Waals surface area contributed by atoms with Crippen molar-refractivity contribution in [1.29, 1.82) is 0 Å². The van der Waals surface area contributed by atoms with Crippen LogP contribution in [0.4, 0.5) is 0 Å². The predicted octanol–water partition coefficient (Wildman–Crippen LogP) is 2.65.